The Morgan fingerprint density at radius 2 is 2.24 bits per heavy atom. The number of amides is 1. The molecule has 1 fully saturated rings. The number of methoxy groups -OCH3 is 1. The van der Waals surface area contributed by atoms with Crippen LogP contribution in [-0.4, -0.2) is 72.7 Å². The minimum Gasteiger partial charge on any atom is -0.481 e. The van der Waals surface area contributed by atoms with Crippen LogP contribution in [-0.2, 0) is 14.3 Å². The molecule has 0 radical (unpaired) electrons. The molecular formula is C11H20N2O4. The first-order valence-corrected chi connectivity index (χ1v) is 5.83. The maximum Gasteiger partial charge on any atom is 0.305 e. The summed E-state index contributed by atoms with van der Waals surface area (Å²) in [5, 5.41) is 8.84. The highest BCUT2D eigenvalue weighted by atomic mass is 16.5. The van der Waals surface area contributed by atoms with Crippen LogP contribution in [0.5, 0.6) is 0 Å². The van der Waals surface area contributed by atoms with Gasteiger partial charge in [-0.05, 0) is 6.54 Å². The van der Waals surface area contributed by atoms with Crippen LogP contribution in [0.3, 0.4) is 0 Å². The minimum absolute atomic E-state index is 0.0995. The fourth-order valence-corrected chi connectivity index (χ4v) is 2.07. The molecule has 1 atom stereocenters. The largest absolute Gasteiger partial charge is 0.481 e. The van der Waals surface area contributed by atoms with E-state index in [9.17, 15) is 9.59 Å². The van der Waals surface area contributed by atoms with Crippen LogP contribution < -0.4 is 0 Å². The first-order valence-electron chi connectivity index (χ1n) is 5.83. The van der Waals surface area contributed by atoms with Crippen molar-refractivity contribution in [2.45, 2.75) is 19.4 Å². The van der Waals surface area contributed by atoms with Gasteiger partial charge in [0.25, 0.3) is 0 Å². The number of carboxylic acid groups (broad SMARTS) is 1. The summed E-state index contributed by atoms with van der Waals surface area (Å²) in [6.07, 6.45) is -0.129. The molecule has 6 heteroatoms. The number of hydrogen-bond acceptors (Lipinski definition) is 4. The van der Waals surface area contributed by atoms with Gasteiger partial charge >= 0.3 is 5.97 Å². The molecule has 1 aliphatic heterocycles. The van der Waals surface area contributed by atoms with Gasteiger partial charge in [0.15, 0.2) is 0 Å². The van der Waals surface area contributed by atoms with E-state index in [2.05, 4.69) is 0 Å². The average molecular weight is 244 g/mol. The average Bonchev–Trinajstić information content (AvgIpc) is 2.30. The molecule has 0 saturated carbocycles. The van der Waals surface area contributed by atoms with E-state index >= 15 is 0 Å². The van der Waals surface area contributed by atoms with E-state index in [1.807, 2.05) is 11.8 Å². The van der Waals surface area contributed by atoms with E-state index < -0.39 is 12.0 Å². The third-order valence-corrected chi connectivity index (χ3v) is 3.03. The van der Waals surface area contributed by atoms with Gasteiger partial charge in [-0.3, -0.25) is 14.5 Å². The van der Waals surface area contributed by atoms with Gasteiger partial charge in [-0.25, -0.2) is 0 Å². The molecule has 1 heterocycles. The summed E-state index contributed by atoms with van der Waals surface area (Å²) >= 11 is 0. The van der Waals surface area contributed by atoms with Crippen molar-refractivity contribution in [2.24, 2.45) is 0 Å². The highest BCUT2D eigenvalue weighted by Crippen LogP contribution is 2.14. The van der Waals surface area contributed by atoms with Crippen LogP contribution in [0, 0.1) is 0 Å². The number of ether oxygens (including phenoxy) is 1. The van der Waals surface area contributed by atoms with Crippen molar-refractivity contribution in [2.75, 3.05) is 39.9 Å². The van der Waals surface area contributed by atoms with Crippen LogP contribution >= 0.6 is 0 Å². The van der Waals surface area contributed by atoms with Crippen LogP contribution in [0.25, 0.3) is 0 Å². The summed E-state index contributed by atoms with van der Waals surface area (Å²) < 4.78 is 4.94. The van der Waals surface area contributed by atoms with Crippen molar-refractivity contribution in [3.63, 3.8) is 0 Å². The molecule has 0 aromatic heterocycles. The maximum absolute atomic E-state index is 12.1. The Balaban J connectivity index is 2.65. The van der Waals surface area contributed by atoms with Crippen LogP contribution in [0.1, 0.15) is 13.3 Å². The molecule has 1 saturated heterocycles. The summed E-state index contributed by atoms with van der Waals surface area (Å²) in [6.45, 7) is 5.02. The lowest BCUT2D eigenvalue weighted by Gasteiger charge is -2.39. The molecule has 1 rings (SSSR count). The molecule has 0 aliphatic carbocycles. The Morgan fingerprint density at radius 3 is 2.76 bits per heavy atom. The maximum atomic E-state index is 12.1. The highest BCUT2D eigenvalue weighted by molar-refractivity contribution is 5.86. The SMILES string of the molecule is CCN1CCN(CCOC)C(=O)C1CC(=O)O. The van der Waals surface area contributed by atoms with E-state index in [-0.39, 0.29) is 12.3 Å². The molecule has 0 bridgehead atoms. The second kappa shape index (κ2) is 6.56. The van der Waals surface area contributed by atoms with E-state index in [0.717, 1.165) is 6.54 Å². The number of rotatable bonds is 6. The minimum atomic E-state index is -0.935. The Kier molecular flexibility index (Phi) is 5.37. The molecule has 1 aliphatic rings. The van der Waals surface area contributed by atoms with E-state index in [1.165, 1.54) is 0 Å². The summed E-state index contributed by atoms with van der Waals surface area (Å²) in [5.41, 5.74) is 0. The van der Waals surface area contributed by atoms with Crippen molar-refractivity contribution >= 4 is 11.9 Å². The van der Waals surface area contributed by atoms with Crippen LogP contribution in [0.2, 0.25) is 0 Å². The summed E-state index contributed by atoms with van der Waals surface area (Å²) in [5.74, 6) is -1.03. The third kappa shape index (κ3) is 3.67. The van der Waals surface area contributed by atoms with Gasteiger partial charge < -0.3 is 14.7 Å². The normalized spacial score (nSPS) is 21.9. The van der Waals surface area contributed by atoms with Gasteiger partial charge in [-0.1, -0.05) is 6.92 Å². The lowest BCUT2D eigenvalue weighted by molar-refractivity contribution is -0.149. The number of nitrogens with zero attached hydrogens (tertiary/aromatic N) is 2. The topological polar surface area (TPSA) is 70.1 Å². The molecule has 0 aromatic carbocycles. The van der Waals surface area contributed by atoms with Gasteiger partial charge in [-0.2, -0.15) is 0 Å². The standard InChI is InChI=1S/C11H20N2O4/c1-3-12-4-5-13(6-7-17-2)11(16)9(12)8-10(14)15/h9H,3-8H2,1-2H3,(H,14,15). The molecular weight excluding hydrogens is 224 g/mol. The molecule has 98 valence electrons. The molecule has 1 N–H and O–H groups in total. The Hall–Kier alpha value is -1.14. The Morgan fingerprint density at radius 1 is 1.53 bits per heavy atom. The molecule has 1 unspecified atom stereocenters. The van der Waals surface area contributed by atoms with Crippen LogP contribution in [0.15, 0.2) is 0 Å². The second-order valence-corrected chi connectivity index (χ2v) is 4.06. The van der Waals surface area contributed by atoms with Crippen LogP contribution in [0.4, 0.5) is 0 Å². The zero-order valence-electron chi connectivity index (χ0n) is 10.4. The second-order valence-electron chi connectivity index (χ2n) is 4.06. The zero-order valence-corrected chi connectivity index (χ0v) is 10.4. The smallest absolute Gasteiger partial charge is 0.305 e. The van der Waals surface area contributed by atoms with E-state index in [0.29, 0.717) is 26.2 Å². The number of piperazine rings is 1. The van der Waals surface area contributed by atoms with Crippen molar-refractivity contribution in [3.05, 3.63) is 0 Å². The number of carbonyl (C=O) groups excluding carboxylic acids is 1. The summed E-state index contributed by atoms with van der Waals surface area (Å²) in [6, 6.07) is -0.525. The molecule has 0 aromatic rings. The van der Waals surface area contributed by atoms with Crippen molar-refractivity contribution in [3.8, 4) is 0 Å². The lowest BCUT2D eigenvalue weighted by Crippen LogP contribution is -2.57. The predicted molar refractivity (Wildman–Crippen MR) is 61.7 cm³/mol. The van der Waals surface area contributed by atoms with Crippen molar-refractivity contribution in [1.82, 2.24) is 9.80 Å². The predicted octanol–water partition coefficient (Wildman–Crippen LogP) is -0.360. The van der Waals surface area contributed by atoms with Gasteiger partial charge in [0.2, 0.25) is 5.91 Å². The van der Waals surface area contributed by atoms with Crippen molar-refractivity contribution < 1.29 is 19.4 Å². The number of carboxylic acids is 1. The summed E-state index contributed by atoms with van der Waals surface area (Å²) in [7, 11) is 1.58. The number of carbonyl (C=O) groups is 2. The molecule has 0 spiro atoms. The summed E-state index contributed by atoms with van der Waals surface area (Å²) in [4.78, 5) is 26.5. The number of likely N-dealkylation sites (N-methyl/N-ethyl adjacent to an activating group) is 1. The zero-order chi connectivity index (χ0) is 12.8. The van der Waals surface area contributed by atoms with Gasteiger partial charge in [-0.15, -0.1) is 0 Å². The molecule has 17 heavy (non-hydrogen) atoms. The lowest BCUT2D eigenvalue weighted by atomic mass is 10.1. The number of aliphatic carboxylic acids is 1. The fourth-order valence-electron chi connectivity index (χ4n) is 2.07. The third-order valence-electron chi connectivity index (χ3n) is 3.03. The van der Waals surface area contributed by atoms with Gasteiger partial charge in [0.05, 0.1) is 19.1 Å². The first kappa shape index (κ1) is 13.9. The fraction of sp³-hybridized carbons (Fsp3) is 0.818. The Bertz CT molecular complexity index is 283. The van der Waals surface area contributed by atoms with Gasteiger partial charge in [0.1, 0.15) is 0 Å². The Labute approximate surface area is 101 Å². The highest BCUT2D eigenvalue weighted by Gasteiger charge is 2.34. The first-order chi connectivity index (χ1) is 8.10. The molecule has 1 amide bonds. The van der Waals surface area contributed by atoms with Gasteiger partial charge in [0, 0.05) is 26.7 Å². The quantitative estimate of drug-likeness (QED) is 0.691. The van der Waals surface area contributed by atoms with E-state index in [1.54, 1.807) is 12.0 Å². The van der Waals surface area contributed by atoms with E-state index in [4.69, 9.17) is 9.84 Å². The number of hydrogen-bond donors (Lipinski definition) is 1. The van der Waals surface area contributed by atoms with Crippen molar-refractivity contribution in [1.29, 1.82) is 0 Å². The molecule has 6 nitrogen and oxygen atoms in total. The monoisotopic (exact) mass is 244 g/mol.